The molecule has 0 aromatic carbocycles. The van der Waals surface area contributed by atoms with Gasteiger partial charge in [0.05, 0.1) is 0 Å². The molecule has 2 rings (SSSR count). The van der Waals surface area contributed by atoms with Gasteiger partial charge in [-0.25, -0.2) is 4.79 Å². The Morgan fingerprint density at radius 2 is 2.08 bits per heavy atom. The maximum Gasteiger partial charge on any atom is 0.410 e. The number of carbonyl (C=O) groups excluding carboxylic acids is 1. The van der Waals surface area contributed by atoms with Crippen molar-refractivity contribution in [3.05, 3.63) is 0 Å². The number of fused-ring (bicyclic) bond motifs is 1. The van der Waals surface area contributed by atoms with Crippen LogP contribution in [0.1, 0.15) is 13.8 Å². The summed E-state index contributed by atoms with van der Waals surface area (Å²) in [5.41, 5.74) is 0.442. The highest BCUT2D eigenvalue weighted by molar-refractivity contribution is 6.17. The molecule has 2 atom stereocenters. The predicted octanol–water partition coefficient (Wildman–Crippen LogP) is 1.91. The Bertz CT molecular complexity index is 228. The van der Waals surface area contributed by atoms with Crippen LogP contribution in [0.4, 0.5) is 4.79 Å². The molecule has 2 fully saturated rings. The van der Waals surface area contributed by atoms with Crippen LogP contribution in [-0.2, 0) is 4.74 Å². The molecule has 74 valence electrons. The lowest BCUT2D eigenvalue weighted by Crippen LogP contribution is -2.33. The van der Waals surface area contributed by atoms with Crippen molar-refractivity contribution in [2.75, 3.05) is 19.2 Å². The van der Waals surface area contributed by atoms with Crippen LogP contribution in [0, 0.1) is 17.3 Å². The van der Waals surface area contributed by atoms with Crippen LogP contribution in [0.15, 0.2) is 0 Å². The molecule has 13 heavy (non-hydrogen) atoms. The van der Waals surface area contributed by atoms with Gasteiger partial charge in [-0.05, 0) is 17.3 Å². The Morgan fingerprint density at radius 1 is 1.54 bits per heavy atom. The van der Waals surface area contributed by atoms with Gasteiger partial charge in [0.2, 0.25) is 0 Å². The second kappa shape index (κ2) is 2.77. The highest BCUT2D eigenvalue weighted by Gasteiger charge is 2.62. The van der Waals surface area contributed by atoms with Crippen molar-refractivity contribution >= 4 is 17.7 Å². The fourth-order valence-corrected chi connectivity index (χ4v) is 2.51. The van der Waals surface area contributed by atoms with E-state index < -0.39 is 0 Å². The van der Waals surface area contributed by atoms with E-state index in [-0.39, 0.29) is 12.2 Å². The van der Waals surface area contributed by atoms with Crippen molar-refractivity contribution in [1.82, 2.24) is 4.90 Å². The van der Waals surface area contributed by atoms with Crippen molar-refractivity contribution in [3.8, 4) is 0 Å². The predicted molar refractivity (Wildman–Crippen MR) is 49.5 cm³/mol. The Morgan fingerprint density at radius 3 is 2.54 bits per heavy atom. The molecule has 1 aliphatic heterocycles. The van der Waals surface area contributed by atoms with E-state index in [4.69, 9.17) is 16.3 Å². The second-order valence-electron chi connectivity index (χ2n) is 4.46. The molecule has 3 nitrogen and oxygen atoms in total. The third-order valence-corrected chi connectivity index (χ3v) is 3.67. The number of ether oxygens (including phenoxy) is 1. The summed E-state index contributed by atoms with van der Waals surface area (Å²) < 4.78 is 4.72. The number of amides is 1. The van der Waals surface area contributed by atoms with Crippen molar-refractivity contribution in [2.24, 2.45) is 17.3 Å². The summed E-state index contributed by atoms with van der Waals surface area (Å²) >= 11 is 5.31. The van der Waals surface area contributed by atoms with Crippen molar-refractivity contribution in [1.29, 1.82) is 0 Å². The molecule has 1 saturated carbocycles. The number of halogens is 1. The fraction of sp³-hybridized carbons (Fsp3) is 0.889. The standard InChI is InChI=1S/C9H14ClNO2/c1-9(2)6-3-11(4-7(6)9)8(12)13-5-10/h6-7H,3-5H2,1-2H3. The molecule has 0 aromatic rings. The lowest BCUT2D eigenvalue weighted by molar-refractivity contribution is 0.118. The first kappa shape index (κ1) is 9.13. The molecule has 0 bridgehead atoms. The van der Waals surface area contributed by atoms with Crippen molar-refractivity contribution < 1.29 is 9.53 Å². The quantitative estimate of drug-likeness (QED) is 0.610. The summed E-state index contributed by atoms with van der Waals surface area (Å²) in [6.07, 6.45) is -0.266. The fourth-order valence-electron chi connectivity index (χ4n) is 2.42. The van der Waals surface area contributed by atoms with Crippen LogP contribution in [0.2, 0.25) is 0 Å². The topological polar surface area (TPSA) is 29.5 Å². The van der Waals surface area contributed by atoms with Crippen LogP contribution in [0.25, 0.3) is 0 Å². The summed E-state index contributed by atoms with van der Waals surface area (Å²) in [7, 11) is 0. The highest BCUT2D eigenvalue weighted by atomic mass is 35.5. The first-order valence-electron chi connectivity index (χ1n) is 4.55. The lowest BCUT2D eigenvalue weighted by Gasteiger charge is -2.20. The minimum Gasteiger partial charge on any atom is -0.433 e. The van der Waals surface area contributed by atoms with Crippen LogP contribution in [-0.4, -0.2) is 30.1 Å². The van der Waals surface area contributed by atoms with Gasteiger partial charge < -0.3 is 9.64 Å². The van der Waals surface area contributed by atoms with Crippen molar-refractivity contribution in [2.45, 2.75) is 13.8 Å². The average Bonchev–Trinajstić information content (AvgIpc) is 2.53. The summed E-state index contributed by atoms with van der Waals surface area (Å²) in [5, 5.41) is 0. The molecule has 2 aliphatic rings. The van der Waals surface area contributed by atoms with E-state index in [0.717, 1.165) is 13.1 Å². The van der Waals surface area contributed by atoms with E-state index in [9.17, 15) is 4.79 Å². The van der Waals surface area contributed by atoms with E-state index in [1.165, 1.54) is 0 Å². The average molecular weight is 204 g/mol. The number of hydrogen-bond acceptors (Lipinski definition) is 2. The number of hydrogen-bond donors (Lipinski definition) is 0. The molecule has 1 aliphatic carbocycles. The largest absolute Gasteiger partial charge is 0.433 e. The minimum absolute atomic E-state index is 0.0476. The Labute approximate surface area is 83.0 Å². The van der Waals surface area contributed by atoms with Crippen molar-refractivity contribution in [3.63, 3.8) is 0 Å². The van der Waals surface area contributed by atoms with Crippen LogP contribution in [0.3, 0.4) is 0 Å². The van der Waals surface area contributed by atoms with Crippen LogP contribution in [0.5, 0.6) is 0 Å². The molecule has 4 heteroatoms. The number of piperidine rings is 1. The monoisotopic (exact) mass is 203 g/mol. The van der Waals surface area contributed by atoms with Crippen LogP contribution < -0.4 is 0 Å². The summed E-state index contributed by atoms with van der Waals surface area (Å²) in [6, 6.07) is -0.0476. The number of alkyl halides is 1. The smallest absolute Gasteiger partial charge is 0.410 e. The number of likely N-dealkylation sites (tertiary alicyclic amines) is 1. The molecule has 1 heterocycles. The van der Waals surface area contributed by atoms with Gasteiger partial charge in [0.1, 0.15) is 0 Å². The van der Waals surface area contributed by atoms with E-state index in [1.54, 1.807) is 4.90 Å². The van der Waals surface area contributed by atoms with Crippen LogP contribution >= 0.6 is 11.6 Å². The third-order valence-electron chi connectivity index (χ3n) is 3.56. The van der Waals surface area contributed by atoms with Gasteiger partial charge in [0, 0.05) is 13.1 Å². The van der Waals surface area contributed by atoms with Gasteiger partial charge in [0.25, 0.3) is 0 Å². The first-order chi connectivity index (χ1) is 6.07. The zero-order chi connectivity index (χ0) is 9.64. The van der Waals surface area contributed by atoms with Gasteiger partial charge in [0.15, 0.2) is 6.07 Å². The van der Waals surface area contributed by atoms with Gasteiger partial charge in [-0.3, -0.25) is 0 Å². The number of carbonyl (C=O) groups is 1. The molecule has 0 radical (unpaired) electrons. The molecular weight excluding hydrogens is 190 g/mol. The van der Waals surface area contributed by atoms with E-state index in [2.05, 4.69) is 13.8 Å². The zero-order valence-electron chi connectivity index (χ0n) is 7.92. The van der Waals surface area contributed by atoms with E-state index in [1.807, 2.05) is 0 Å². The first-order valence-corrected chi connectivity index (χ1v) is 5.08. The van der Waals surface area contributed by atoms with Gasteiger partial charge in [-0.1, -0.05) is 25.4 Å². The number of nitrogens with zero attached hydrogens (tertiary/aromatic N) is 1. The normalized spacial score (nSPS) is 34.2. The van der Waals surface area contributed by atoms with Gasteiger partial charge in [-0.2, -0.15) is 0 Å². The highest BCUT2D eigenvalue weighted by Crippen LogP contribution is 2.61. The SMILES string of the molecule is CC1(C)C2CN(C(=O)OCCl)CC21. The summed E-state index contributed by atoms with van der Waals surface area (Å²) in [6.45, 7) is 6.19. The molecule has 1 amide bonds. The van der Waals surface area contributed by atoms with E-state index in [0.29, 0.717) is 17.3 Å². The third kappa shape index (κ3) is 1.30. The Hall–Kier alpha value is -0.440. The molecule has 0 N–H and O–H groups in total. The lowest BCUT2D eigenvalue weighted by atomic mass is 10.1. The molecule has 2 unspecified atom stereocenters. The molecular formula is C9H14ClNO2. The molecule has 0 aromatic heterocycles. The van der Waals surface area contributed by atoms with Gasteiger partial charge >= 0.3 is 6.09 Å². The summed E-state index contributed by atoms with van der Waals surface area (Å²) in [4.78, 5) is 13.0. The Kier molecular flexibility index (Phi) is 1.95. The summed E-state index contributed by atoms with van der Waals surface area (Å²) in [5.74, 6) is 1.35. The number of rotatable bonds is 1. The Balaban J connectivity index is 1.87. The molecule has 1 saturated heterocycles. The minimum atomic E-state index is -0.266. The molecule has 0 spiro atoms. The van der Waals surface area contributed by atoms with E-state index >= 15 is 0 Å². The maximum atomic E-state index is 11.2. The second-order valence-corrected chi connectivity index (χ2v) is 4.68. The van der Waals surface area contributed by atoms with Gasteiger partial charge in [-0.15, -0.1) is 0 Å². The maximum absolute atomic E-state index is 11.2. The zero-order valence-corrected chi connectivity index (χ0v) is 8.67.